The van der Waals surface area contributed by atoms with E-state index >= 15 is 0 Å². The molecule has 2 aromatic rings. The zero-order valence-corrected chi connectivity index (χ0v) is 16.2. The number of hydrogen-bond acceptors (Lipinski definition) is 6. The molecule has 0 spiro atoms. The molecule has 0 unspecified atom stereocenters. The Morgan fingerprint density at radius 2 is 1.67 bits per heavy atom. The molecule has 0 aromatic heterocycles. The summed E-state index contributed by atoms with van der Waals surface area (Å²) in [4.78, 5) is 23.6. The molecule has 10 heteroatoms. The Morgan fingerprint density at radius 1 is 0.967 bits per heavy atom. The summed E-state index contributed by atoms with van der Waals surface area (Å²) < 4.78 is 44.4. The Balaban J connectivity index is 1.83. The Bertz CT molecular complexity index is 905. The minimum atomic E-state index is -2.98. The molecule has 0 fully saturated rings. The molecule has 30 heavy (non-hydrogen) atoms. The average molecular weight is 422 g/mol. The van der Waals surface area contributed by atoms with Gasteiger partial charge in [-0.25, -0.2) is 0 Å². The van der Waals surface area contributed by atoms with Gasteiger partial charge in [0.25, 0.3) is 11.8 Å². The summed E-state index contributed by atoms with van der Waals surface area (Å²) in [6.45, 7) is -3.32. The zero-order valence-electron chi connectivity index (χ0n) is 16.2. The number of ether oxygens (including phenoxy) is 4. The first-order chi connectivity index (χ1) is 14.4. The molecule has 0 aliphatic rings. The van der Waals surface area contributed by atoms with Crippen molar-refractivity contribution in [3.05, 3.63) is 54.1 Å². The van der Waals surface area contributed by atoms with Crippen LogP contribution in [0.25, 0.3) is 6.08 Å². The lowest BCUT2D eigenvalue weighted by molar-refractivity contribution is -0.128. The molecule has 0 aliphatic carbocycles. The van der Waals surface area contributed by atoms with Gasteiger partial charge in [-0.05, 0) is 35.9 Å². The molecule has 2 rings (SSSR count). The van der Waals surface area contributed by atoms with Crippen LogP contribution in [0.4, 0.5) is 8.78 Å². The Morgan fingerprint density at radius 3 is 2.33 bits per heavy atom. The minimum absolute atomic E-state index is 0.0830. The molecular formula is C20H20F2N2O6. The second-order valence-corrected chi connectivity index (χ2v) is 5.60. The van der Waals surface area contributed by atoms with Gasteiger partial charge in [0.15, 0.2) is 29.6 Å². The molecule has 0 radical (unpaired) electrons. The van der Waals surface area contributed by atoms with Gasteiger partial charge in [0.05, 0.1) is 14.2 Å². The molecule has 0 aliphatic heterocycles. The van der Waals surface area contributed by atoms with E-state index in [4.69, 9.17) is 14.2 Å². The van der Waals surface area contributed by atoms with Crippen LogP contribution in [0.5, 0.6) is 23.0 Å². The first-order valence-electron chi connectivity index (χ1n) is 8.58. The number of hydrazine groups is 1. The molecule has 0 heterocycles. The van der Waals surface area contributed by atoms with E-state index in [-0.39, 0.29) is 18.1 Å². The number of benzene rings is 2. The number of carbonyl (C=O) groups excluding carboxylic acids is 2. The van der Waals surface area contributed by atoms with Crippen LogP contribution in [-0.4, -0.2) is 39.3 Å². The van der Waals surface area contributed by atoms with Gasteiger partial charge in [-0.15, -0.1) is 0 Å². The van der Waals surface area contributed by atoms with Crippen molar-refractivity contribution >= 4 is 17.9 Å². The number of halogens is 2. The van der Waals surface area contributed by atoms with Gasteiger partial charge < -0.3 is 18.9 Å². The summed E-state index contributed by atoms with van der Waals surface area (Å²) in [5.41, 5.74) is 4.88. The number of alkyl halides is 2. The molecule has 2 N–H and O–H groups in total. The minimum Gasteiger partial charge on any atom is -0.493 e. The Labute approximate surface area is 171 Å². The molecule has 160 valence electrons. The fraction of sp³-hybridized carbons (Fsp3) is 0.200. The summed E-state index contributed by atoms with van der Waals surface area (Å²) in [5.74, 6) is -0.395. The van der Waals surface area contributed by atoms with Gasteiger partial charge in [0, 0.05) is 6.08 Å². The highest BCUT2D eigenvalue weighted by molar-refractivity contribution is 5.93. The molecule has 0 saturated carbocycles. The maximum absolute atomic E-state index is 12.3. The lowest BCUT2D eigenvalue weighted by atomic mass is 10.2. The smallest absolute Gasteiger partial charge is 0.387 e. The predicted molar refractivity (Wildman–Crippen MR) is 103 cm³/mol. The molecule has 0 bridgehead atoms. The summed E-state index contributed by atoms with van der Waals surface area (Å²) in [6.07, 6.45) is 2.55. The lowest BCUT2D eigenvalue weighted by Gasteiger charge is -2.10. The quantitative estimate of drug-likeness (QED) is 0.476. The van der Waals surface area contributed by atoms with Gasteiger partial charge in [-0.1, -0.05) is 18.2 Å². The summed E-state index contributed by atoms with van der Waals surface area (Å²) >= 11 is 0. The Kier molecular flexibility index (Phi) is 8.42. The number of nitrogens with one attached hydrogen (secondary N) is 2. The van der Waals surface area contributed by atoms with Crippen molar-refractivity contribution in [1.82, 2.24) is 10.9 Å². The third-order valence-corrected chi connectivity index (χ3v) is 3.58. The van der Waals surface area contributed by atoms with Crippen LogP contribution in [-0.2, 0) is 9.59 Å². The lowest BCUT2D eigenvalue weighted by Crippen LogP contribution is -2.43. The van der Waals surface area contributed by atoms with Crippen molar-refractivity contribution in [1.29, 1.82) is 0 Å². The number of para-hydroxylation sites is 2. The maximum atomic E-state index is 12.3. The van der Waals surface area contributed by atoms with Crippen molar-refractivity contribution in [3.8, 4) is 23.0 Å². The first kappa shape index (κ1) is 22.5. The monoisotopic (exact) mass is 422 g/mol. The second kappa shape index (κ2) is 11.2. The molecule has 2 amide bonds. The van der Waals surface area contributed by atoms with Crippen LogP contribution in [0.2, 0.25) is 0 Å². The Hall–Kier alpha value is -3.82. The predicted octanol–water partition coefficient (Wildman–Crippen LogP) is 2.54. The van der Waals surface area contributed by atoms with Crippen molar-refractivity contribution in [2.24, 2.45) is 0 Å². The number of methoxy groups -OCH3 is 2. The van der Waals surface area contributed by atoms with Crippen LogP contribution in [0, 0.1) is 0 Å². The fourth-order valence-corrected chi connectivity index (χ4v) is 2.24. The first-order valence-corrected chi connectivity index (χ1v) is 8.58. The fourth-order valence-electron chi connectivity index (χ4n) is 2.24. The summed E-state index contributed by atoms with van der Waals surface area (Å²) in [5, 5.41) is 0. The normalized spacial score (nSPS) is 10.6. The van der Waals surface area contributed by atoms with E-state index < -0.39 is 18.4 Å². The standard InChI is InChI=1S/C20H20F2N2O6/c1-27-14-5-3-4-6-15(14)29-12-19(26)24-23-18(25)10-8-13-7-9-16(30-20(21)22)17(11-13)28-2/h3-11,20H,12H2,1-2H3,(H,23,25)(H,24,26). The topological polar surface area (TPSA) is 95.1 Å². The highest BCUT2D eigenvalue weighted by Gasteiger charge is 2.11. The van der Waals surface area contributed by atoms with Crippen LogP contribution in [0.1, 0.15) is 5.56 Å². The van der Waals surface area contributed by atoms with Crippen LogP contribution >= 0.6 is 0 Å². The van der Waals surface area contributed by atoms with E-state index in [1.165, 1.54) is 38.5 Å². The SMILES string of the molecule is COc1ccccc1OCC(=O)NNC(=O)C=Cc1ccc(OC(F)F)c(OC)c1. The van der Waals surface area contributed by atoms with E-state index in [0.717, 1.165) is 6.08 Å². The van der Waals surface area contributed by atoms with E-state index in [9.17, 15) is 18.4 Å². The van der Waals surface area contributed by atoms with E-state index in [1.807, 2.05) is 0 Å². The van der Waals surface area contributed by atoms with Gasteiger partial charge in [-0.3, -0.25) is 20.4 Å². The van der Waals surface area contributed by atoms with Gasteiger partial charge in [-0.2, -0.15) is 8.78 Å². The van der Waals surface area contributed by atoms with Crippen molar-refractivity contribution in [2.75, 3.05) is 20.8 Å². The largest absolute Gasteiger partial charge is 0.493 e. The van der Waals surface area contributed by atoms with Crippen molar-refractivity contribution in [3.63, 3.8) is 0 Å². The van der Waals surface area contributed by atoms with E-state index in [2.05, 4.69) is 15.6 Å². The van der Waals surface area contributed by atoms with Crippen LogP contribution in [0.3, 0.4) is 0 Å². The molecule has 0 saturated heterocycles. The second-order valence-electron chi connectivity index (χ2n) is 5.60. The van der Waals surface area contributed by atoms with Crippen LogP contribution in [0.15, 0.2) is 48.5 Å². The maximum Gasteiger partial charge on any atom is 0.387 e. The van der Waals surface area contributed by atoms with Crippen LogP contribution < -0.4 is 29.8 Å². The van der Waals surface area contributed by atoms with E-state index in [0.29, 0.717) is 17.1 Å². The third-order valence-electron chi connectivity index (χ3n) is 3.58. The number of rotatable bonds is 9. The van der Waals surface area contributed by atoms with Crippen molar-refractivity contribution < 1.29 is 37.3 Å². The zero-order chi connectivity index (χ0) is 21.9. The molecule has 8 nitrogen and oxygen atoms in total. The molecular weight excluding hydrogens is 402 g/mol. The molecule has 0 atom stereocenters. The highest BCUT2D eigenvalue weighted by Crippen LogP contribution is 2.29. The third kappa shape index (κ3) is 6.97. The summed E-state index contributed by atoms with van der Waals surface area (Å²) in [6, 6.07) is 11.0. The average Bonchev–Trinajstić information content (AvgIpc) is 2.75. The highest BCUT2D eigenvalue weighted by atomic mass is 19.3. The van der Waals surface area contributed by atoms with E-state index in [1.54, 1.807) is 24.3 Å². The van der Waals surface area contributed by atoms with Gasteiger partial charge >= 0.3 is 6.61 Å². The number of carbonyl (C=O) groups is 2. The summed E-state index contributed by atoms with van der Waals surface area (Å²) in [7, 11) is 2.78. The molecule has 2 aromatic carbocycles. The van der Waals surface area contributed by atoms with Gasteiger partial charge in [0.2, 0.25) is 0 Å². The number of amides is 2. The number of hydrogen-bond donors (Lipinski definition) is 2. The van der Waals surface area contributed by atoms with Gasteiger partial charge in [0.1, 0.15) is 0 Å². The van der Waals surface area contributed by atoms with Crippen molar-refractivity contribution in [2.45, 2.75) is 6.61 Å².